The molecule has 0 unspecified atom stereocenters. The Morgan fingerprint density at radius 3 is 2.47 bits per heavy atom. The summed E-state index contributed by atoms with van der Waals surface area (Å²) in [6.45, 7) is 4.11. The van der Waals surface area contributed by atoms with E-state index in [1.165, 1.54) is 9.13 Å². The molecule has 0 atom stereocenters. The largest absolute Gasteiger partial charge is 0.393 e. The van der Waals surface area contributed by atoms with E-state index in [9.17, 15) is 9.59 Å². The van der Waals surface area contributed by atoms with Crippen molar-refractivity contribution in [2.24, 2.45) is 7.05 Å². The molecule has 1 aromatic heterocycles. The maximum atomic E-state index is 11.7. The van der Waals surface area contributed by atoms with Gasteiger partial charge in [0.15, 0.2) is 0 Å². The lowest BCUT2D eigenvalue weighted by molar-refractivity contribution is 0.554. The summed E-state index contributed by atoms with van der Waals surface area (Å²) < 4.78 is 2.61. The summed E-state index contributed by atoms with van der Waals surface area (Å²) in [5.41, 5.74) is 5.65. The topological polar surface area (TPSA) is 70.0 Å². The van der Waals surface area contributed by atoms with Crippen molar-refractivity contribution in [3.63, 3.8) is 0 Å². The van der Waals surface area contributed by atoms with E-state index in [2.05, 4.69) is 0 Å². The SMILES string of the molecule is CCCCn1c(=O)c(N)c(C)n(C)c1=O. The monoisotopic (exact) mass is 211 g/mol. The highest BCUT2D eigenvalue weighted by Gasteiger charge is 2.10. The van der Waals surface area contributed by atoms with Crippen LogP contribution in [0.5, 0.6) is 0 Å². The van der Waals surface area contributed by atoms with Gasteiger partial charge in [-0.2, -0.15) is 0 Å². The Balaban J connectivity index is 3.40. The van der Waals surface area contributed by atoms with E-state index in [0.717, 1.165) is 12.8 Å². The molecule has 5 nitrogen and oxygen atoms in total. The van der Waals surface area contributed by atoms with Crippen LogP contribution < -0.4 is 17.0 Å². The molecular weight excluding hydrogens is 194 g/mol. The van der Waals surface area contributed by atoms with Gasteiger partial charge in [-0.05, 0) is 13.3 Å². The van der Waals surface area contributed by atoms with Gasteiger partial charge in [-0.3, -0.25) is 13.9 Å². The Bertz CT molecular complexity index is 434. The van der Waals surface area contributed by atoms with Gasteiger partial charge in [0, 0.05) is 19.3 Å². The number of anilines is 1. The predicted octanol–water partition coefficient (Wildman–Crippen LogP) is 0.238. The third kappa shape index (κ3) is 1.95. The van der Waals surface area contributed by atoms with Crippen LogP contribution in [-0.4, -0.2) is 9.13 Å². The number of hydrogen-bond acceptors (Lipinski definition) is 3. The van der Waals surface area contributed by atoms with E-state index >= 15 is 0 Å². The molecule has 1 heterocycles. The van der Waals surface area contributed by atoms with Crippen LogP contribution in [0.1, 0.15) is 25.5 Å². The third-order valence-electron chi connectivity index (χ3n) is 2.62. The van der Waals surface area contributed by atoms with Gasteiger partial charge in [0.05, 0.1) is 0 Å². The van der Waals surface area contributed by atoms with Crippen LogP contribution in [0.15, 0.2) is 9.59 Å². The van der Waals surface area contributed by atoms with Crippen LogP contribution >= 0.6 is 0 Å². The lowest BCUT2D eigenvalue weighted by atomic mass is 10.3. The first-order valence-electron chi connectivity index (χ1n) is 5.06. The van der Waals surface area contributed by atoms with Crippen LogP contribution in [0.3, 0.4) is 0 Å². The molecule has 0 amide bonds. The fraction of sp³-hybridized carbons (Fsp3) is 0.600. The van der Waals surface area contributed by atoms with E-state index in [1.54, 1.807) is 14.0 Å². The van der Waals surface area contributed by atoms with E-state index in [0.29, 0.717) is 12.2 Å². The fourth-order valence-electron chi connectivity index (χ4n) is 1.41. The number of nitrogens with two attached hydrogens (primary N) is 1. The molecule has 0 spiro atoms. The molecule has 0 saturated carbocycles. The first-order chi connectivity index (χ1) is 7.00. The molecule has 5 heteroatoms. The molecular formula is C10H17N3O2. The first-order valence-corrected chi connectivity index (χ1v) is 5.06. The average molecular weight is 211 g/mol. The zero-order valence-corrected chi connectivity index (χ0v) is 9.41. The van der Waals surface area contributed by atoms with Gasteiger partial charge in [0.1, 0.15) is 5.69 Å². The van der Waals surface area contributed by atoms with Gasteiger partial charge < -0.3 is 5.73 Å². The van der Waals surface area contributed by atoms with Gasteiger partial charge in [-0.15, -0.1) is 0 Å². The summed E-state index contributed by atoms with van der Waals surface area (Å²) in [6, 6.07) is 0. The number of nitrogen functional groups attached to an aromatic ring is 1. The summed E-state index contributed by atoms with van der Waals surface area (Å²) >= 11 is 0. The second-order valence-electron chi connectivity index (χ2n) is 3.65. The highest BCUT2D eigenvalue weighted by molar-refractivity contribution is 5.39. The van der Waals surface area contributed by atoms with Crippen molar-refractivity contribution in [1.82, 2.24) is 9.13 Å². The smallest absolute Gasteiger partial charge is 0.331 e. The Morgan fingerprint density at radius 2 is 1.93 bits per heavy atom. The number of aromatic nitrogens is 2. The van der Waals surface area contributed by atoms with Gasteiger partial charge in [-0.1, -0.05) is 13.3 Å². The molecule has 0 radical (unpaired) electrons. The Hall–Kier alpha value is -1.52. The van der Waals surface area contributed by atoms with Gasteiger partial charge in [0.25, 0.3) is 5.56 Å². The summed E-state index contributed by atoms with van der Waals surface area (Å²) in [4.78, 5) is 23.4. The average Bonchev–Trinajstić information content (AvgIpc) is 2.24. The Labute approximate surface area is 88.1 Å². The molecule has 15 heavy (non-hydrogen) atoms. The highest BCUT2D eigenvalue weighted by Crippen LogP contribution is 1.99. The van der Waals surface area contributed by atoms with Gasteiger partial charge >= 0.3 is 5.69 Å². The summed E-state index contributed by atoms with van der Waals surface area (Å²) in [5.74, 6) is 0. The molecule has 1 rings (SSSR count). The lowest BCUT2D eigenvalue weighted by Gasteiger charge is -2.11. The molecule has 1 aromatic rings. The highest BCUT2D eigenvalue weighted by atomic mass is 16.2. The zero-order chi connectivity index (χ0) is 11.6. The van der Waals surface area contributed by atoms with Crippen LogP contribution in [-0.2, 0) is 13.6 Å². The summed E-state index contributed by atoms with van der Waals surface area (Å²) in [7, 11) is 1.62. The predicted molar refractivity (Wildman–Crippen MR) is 60.0 cm³/mol. The van der Waals surface area contributed by atoms with E-state index in [4.69, 9.17) is 5.73 Å². The molecule has 0 bridgehead atoms. The third-order valence-corrected chi connectivity index (χ3v) is 2.62. The minimum Gasteiger partial charge on any atom is -0.393 e. The van der Waals surface area contributed by atoms with Gasteiger partial charge in [0.2, 0.25) is 0 Å². The number of hydrogen-bond donors (Lipinski definition) is 1. The van der Waals surface area contributed by atoms with Gasteiger partial charge in [-0.25, -0.2) is 4.79 Å². The Kier molecular flexibility index (Phi) is 3.34. The zero-order valence-electron chi connectivity index (χ0n) is 9.41. The maximum absolute atomic E-state index is 11.7. The quantitative estimate of drug-likeness (QED) is 0.778. The number of nitrogens with zero attached hydrogens (tertiary/aromatic N) is 2. The van der Waals surface area contributed by atoms with Crippen molar-refractivity contribution in [3.8, 4) is 0 Å². The minimum absolute atomic E-state index is 0.160. The molecule has 0 saturated heterocycles. The summed E-state index contributed by atoms with van der Waals surface area (Å²) in [5, 5.41) is 0. The summed E-state index contributed by atoms with van der Waals surface area (Å²) in [6.07, 6.45) is 1.74. The molecule has 0 aliphatic carbocycles. The van der Waals surface area contributed by atoms with Crippen LogP contribution in [0.4, 0.5) is 5.69 Å². The fourth-order valence-corrected chi connectivity index (χ4v) is 1.41. The second-order valence-corrected chi connectivity index (χ2v) is 3.65. The van der Waals surface area contributed by atoms with Crippen molar-refractivity contribution in [2.75, 3.05) is 5.73 Å². The molecule has 0 aliphatic heterocycles. The molecule has 0 fully saturated rings. The molecule has 2 N–H and O–H groups in total. The van der Waals surface area contributed by atoms with E-state index in [-0.39, 0.29) is 16.9 Å². The normalized spacial score (nSPS) is 10.6. The van der Waals surface area contributed by atoms with Crippen molar-refractivity contribution in [3.05, 3.63) is 26.5 Å². The number of unbranched alkanes of at least 4 members (excludes halogenated alkanes) is 1. The molecule has 0 aliphatic rings. The molecule has 84 valence electrons. The molecule has 0 aromatic carbocycles. The minimum atomic E-state index is -0.371. The van der Waals surface area contributed by atoms with E-state index in [1.807, 2.05) is 6.92 Å². The van der Waals surface area contributed by atoms with Crippen molar-refractivity contribution < 1.29 is 0 Å². The maximum Gasteiger partial charge on any atom is 0.331 e. The van der Waals surface area contributed by atoms with Crippen LogP contribution in [0.25, 0.3) is 0 Å². The standard InChI is InChI=1S/C10H17N3O2/c1-4-5-6-13-9(14)8(11)7(2)12(3)10(13)15/h4-6,11H2,1-3H3. The van der Waals surface area contributed by atoms with Crippen molar-refractivity contribution in [2.45, 2.75) is 33.2 Å². The Morgan fingerprint density at radius 1 is 1.33 bits per heavy atom. The lowest BCUT2D eigenvalue weighted by Crippen LogP contribution is -2.41. The van der Waals surface area contributed by atoms with Crippen LogP contribution in [0.2, 0.25) is 0 Å². The first kappa shape index (κ1) is 11.6. The second kappa shape index (κ2) is 4.33. The van der Waals surface area contributed by atoms with Crippen LogP contribution in [0, 0.1) is 6.92 Å². The van der Waals surface area contributed by atoms with Crippen molar-refractivity contribution >= 4 is 5.69 Å². The van der Waals surface area contributed by atoms with E-state index < -0.39 is 0 Å². The van der Waals surface area contributed by atoms with Crippen molar-refractivity contribution in [1.29, 1.82) is 0 Å². The number of rotatable bonds is 3.